The summed E-state index contributed by atoms with van der Waals surface area (Å²) in [5.41, 5.74) is 7.01. The SMILES string of the molecule is C[C@@H]1Cc2ccccc2N1C(=S)Nc1ccc2nc3c4ccccc4c4ccccc4c3nc2c1. The lowest BCUT2D eigenvalue weighted by Gasteiger charge is -2.26. The van der Waals surface area contributed by atoms with Crippen LogP contribution in [0.5, 0.6) is 0 Å². The van der Waals surface area contributed by atoms with Crippen LogP contribution >= 0.6 is 12.2 Å². The maximum Gasteiger partial charge on any atom is 0.178 e. The Morgan fingerprint density at radius 2 is 1.37 bits per heavy atom. The number of para-hydroxylation sites is 1. The Morgan fingerprint density at radius 1 is 0.771 bits per heavy atom. The van der Waals surface area contributed by atoms with Gasteiger partial charge in [0.15, 0.2) is 5.11 Å². The summed E-state index contributed by atoms with van der Waals surface area (Å²) in [6, 6.07) is 31.8. The van der Waals surface area contributed by atoms with Gasteiger partial charge in [-0.1, -0.05) is 66.7 Å². The Balaban J connectivity index is 1.34. The molecule has 0 radical (unpaired) electrons. The standard InChI is InChI=1S/C30H22N4S/c1-18-16-19-8-2-7-13-27(19)34(18)30(35)31-20-14-15-25-26(17-20)33-29-24-12-6-4-10-22(24)21-9-3-5-11-23(21)28(29)32-25/h2-15,17-18H,16H2,1H3,(H,31,35)/t18-/m1/s1. The molecule has 0 aliphatic carbocycles. The molecule has 5 aromatic carbocycles. The van der Waals surface area contributed by atoms with Crippen molar-refractivity contribution in [1.82, 2.24) is 9.97 Å². The monoisotopic (exact) mass is 470 g/mol. The van der Waals surface area contributed by atoms with Gasteiger partial charge >= 0.3 is 0 Å². The maximum atomic E-state index is 5.84. The van der Waals surface area contributed by atoms with Crippen molar-refractivity contribution in [2.75, 3.05) is 10.2 Å². The molecule has 0 fully saturated rings. The molecule has 0 unspecified atom stereocenters. The van der Waals surface area contributed by atoms with E-state index in [1.54, 1.807) is 0 Å². The van der Waals surface area contributed by atoms with Crippen LogP contribution in [0.4, 0.5) is 11.4 Å². The summed E-state index contributed by atoms with van der Waals surface area (Å²) in [5.74, 6) is 0. The van der Waals surface area contributed by atoms with Crippen molar-refractivity contribution >= 4 is 72.3 Å². The minimum absolute atomic E-state index is 0.316. The summed E-state index contributed by atoms with van der Waals surface area (Å²) < 4.78 is 0. The van der Waals surface area contributed by atoms with Gasteiger partial charge in [-0.15, -0.1) is 0 Å². The lowest BCUT2D eigenvalue weighted by atomic mass is 9.99. The number of benzene rings is 5. The van der Waals surface area contributed by atoms with Crippen molar-refractivity contribution in [3.63, 3.8) is 0 Å². The third kappa shape index (κ3) is 3.16. The highest BCUT2D eigenvalue weighted by Crippen LogP contribution is 2.35. The molecule has 1 aliphatic heterocycles. The maximum absolute atomic E-state index is 5.84. The van der Waals surface area contributed by atoms with Crippen molar-refractivity contribution in [2.45, 2.75) is 19.4 Å². The van der Waals surface area contributed by atoms with Gasteiger partial charge in [0.05, 0.1) is 22.1 Å². The highest BCUT2D eigenvalue weighted by atomic mass is 32.1. The van der Waals surface area contributed by atoms with E-state index in [0.29, 0.717) is 11.2 Å². The van der Waals surface area contributed by atoms with Crippen LogP contribution in [-0.2, 0) is 6.42 Å². The summed E-state index contributed by atoms with van der Waals surface area (Å²) in [7, 11) is 0. The summed E-state index contributed by atoms with van der Waals surface area (Å²) >= 11 is 5.84. The Morgan fingerprint density at radius 3 is 2.09 bits per heavy atom. The zero-order valence-corrected chi connectivity index (χ0v) is 20.0. The van der Waals surface area contributed by atoms with Crippen molar-refractivity contribution in [3.8, 4) is 0 Å². The third-order valence-corrected chi connectivity index (χ3v) is 7.29. The average Bonchev–Trinajstić information content (AvgIpc) is 3.23. The van der Waals surface area contributed by atoms with Gasteiger partial charge in [0, 0.05) is 28.2 Å². The Kier molecular flexibility index (Phi) is 4.48. The number of thiocarbonyl (C=S) groups is 1. The van der Waals surface area contributed by atoms with E-state index < -0.39 is 0 Å². The van der Waals surface area contributed by atoms with Gasteiger partial charge in [0.2, 0.25) is 0 Å². The second-order valence-electron chi connectivity index (χ2n) is 9.20. The van der Waals surface area contributed by atoms with Gasteiger partial charge in [0.1, 0.15) is 0 Å². The second kappa shape index (κ2) is 7.72. The molecule has 0 saturated carbocycles. The molecule has 4 nitrogen and oxygen atoms in total. The molecule has 0 spiro atoms. The predicted octanol–water partition coefficient (Wildman–Crippen LogP) is 7.24. The first kappa shape index (κ1) is 20.3. The van der Waals surface area contributed by atoms with Gasteiger partial charge in [-0.2, -0.15) is 0 Å². The molecule has 5 heteroatoms. The van der Waals surface area contributed by atoms with Crippen molar-refractivity contribution in [1.29, 1.82) is 0 Å². The predicted molar refractivity (Wildman–Crippen MR) is 150 cm³/mol. The summed E-state index contributed by atoms with van der Waals surface area (Å²) in [6.07, 6.45) is 0.994. The molecule has 1 aromatic heterocycles. The Labute approximate surface area is 208 Å². The van der Waals surface area contributed by atoms with Crippen molar-refractivity contribution in [2.24, 2.45) is 0 Å². The first-order valence-electron chi connectivity index (χ1n) is 11.9. The van der Waals surface area contributed by atoms with Crippen LogP contribution < -0.4 is 10.2 Å². The highest BCUT2D eigenvalue weighted by Gasteiger charge is 2.28. The minimum Gasteiger partial charge on any atom is -0.332 e. The number of fused-ring (bicyclic) bond motifs is 8. The van der Waals surface area contributed by atoms with E-state index in [4.69, 9.17) is 22.2 Å². The number of hydrogen-bond acceptors (Lipinski definition) is 3. The van der Waals surface area contributed by atoms with Crippen LogP contribution in [0.2, 0.25) is 0 Å². The number of anilines is 2. The molecule has 0 bridgehead atoms. The van der Waals surface area contributed by atoms with Gasteiger partial charge in [-0.25, -0.2) is 9.97 Å². The van der Waals surface area contributed by atoms with Crippen molar-refractivity contribution < 1.29 is 0 Å². The number of nitrogens with zero attached hydrogens (tertiary/aromatic N) is 3. The highest BCUT2D eigenvalue weighted by molar-refractivity contribution is 7.80. The summed E-state index contributed by atoms with van der Waals surface area (Å²) in [4.78, 5) is 12.4. The third-order valence-electron chi connectivity index (χ3n) is 7.00. The minimum atomic E-state index is 0.316. The normalized spacial score (nSPS) is 15.2. The quantitative estimate of drug-likeness (QED) is 0.156. The molecule has 1 aliphatic rings. The van der Waals surface area contributed by atoms with E-state index >= 15 is 0 Å². The zero-order chi connectivity index (χ0) is 23.5. The molecular weight excluding hydrogens is 448 g/mol. The van der Waals surface area contributed by atoms with Crippen LogP contribution in [0.3, 0.4) is 0 Å². The number of aromatic nitrogens is 2. The molecule has 6 aromatic rings. The molecule has 0 saturated heterocycles. The summed E-state index contributed by atoms with van der Waals surface area (Å²) in [6.45, 7) is 2.21. The fourth-order valence-electron chi connectivity index (χ4n) is 5.42. The van der Waals surface area contributed by atoms with Crippen LogP contribution in [-0.4, -0.2) is 21.1 Å². The smallest absolute Gasteiger partial charge is 0.178 e. The Hall–Kier alpha value is -4.09. The average molecular weight is 471 g/mol. The zero-order valence-electron chi connectivity index (χ0n) is 19.2. The van der Waals surface area contributed by atoms with E-state index in [1.165, 1.54) is 22.0 Å². The van der Waals surface area contributed by atoms with Gasteiger partial charge in [-0.3, -0.25) is 0 Å². The van der Waals surface area contributed by atoms with E-state index in [2.05, 4.69) is 89.9 Å². The molecular formula is C30H22N4S. The van der Waals surface area contributed by atoms with E-state index in [1.807, 2.05) is 18.2 Å². The van der Waals surface area contributed by atoms with Crippen LogP contribution in [0.1, 0.15) is 12.5 Å². The number of rotatable bonds is 1. The fraction of sp³-hybridized carbons (Fsp3) is 0.100. The van der Waals surface area contributed by atoms with E-state index in [9.17, 15) is 0 Å². The molecule has 1 N–H and O–H groups in total. The first-order chi connectivity index (χ1) is 17.2. The second-order valence-corrected chi connectivity index (χ2v) is 9.58. The lowest BCUT2D eigenvalue weighted by Crippen LogP contribution is -2.38. The topological polar surface area (TPSA) is 41.0 Å². The van der Waals surface area contributed by atoms with E-state index in [0.717, 1.165) is 44.9 Å². The van der Waals surface area contributed by atoms with Crippen LogP contribution in [0.25, 0.3) is 43.6 Å². The van der Waals surface area contributed by atoms with Gasteiger partial charge < -0.3 is 10.2 Å². The first-order valence-corrected chi connectivity index (χ1v) is 12.3. The molecule has 168 valence electrons. The van der Waals surface area contributed by atoms with E-state index in [-0.39, 0.29) is 0 Å². The van der Waals surface area contributed by atoms with Crippen LogP contribution in [0.15, 0.2) is 91.0 Å². The molecule has 1 atom stereocenters. The fourth-order valence-corrected chi connectivity index (χ4v) is 5.81. The molecule has 35 heavy (non-hydrogen) atoms. The number of hydrogen-bond donors (Lipinski definition) is 1. The van der Waals surface area contributed by atoms with Gasteiger partial charge in [-0.05, 0) is 66.2 Å². The van der Waals surface area contributed by atoms with Crippen LogP contribution in [0, 0.1) is 0 Å². The largest absolute Gasteiger partial charge is 0.332 e. The molecule has 0 amide bonds. The Bertz CT molecular complexity index is 1810. The lowest BCUT2D eigenvalue weighted by molar-refractivity contribution is 0.776. The number of nitrogens with one attached hydrogen (secondary N) is 1. The molecule has 7 rings (SSSR count). The molecule has 2 heterocycles. The summed E-state index contributed by atoms with van der Waals surface area (Å²) in [5, 5.41) is 8.79. The van der Waals surface area contributed by atoms with Gasteiger partial charge in [0.25, 0.3) is 0 Å². The van der Waals surface area contributed by atoms with Crippen molar-refractivity contribution in [3.05, 3.63) is 96.6 Å².